The average molecular weight is 537 g/mol. The van der Waals surface area contributed by atoms with E-state index in [1.807, 2.05) is 27.7 Å². The van der Waals surface area contributed by atoms with Crippen LogP contribution in [0.15, 0.2) is 24.3 Å². The van der Waals surface area contributed by atoms with Crippen molar-refractivity contribution in [3.63, 3.8) is 0 Å². The number of carbonyl (C=O) groups is 5. The number of amides is 3. The summed E-state index contributed by atoms with van der Waals surface area (Å²) in [6.07, 6.45) is 0.0143. The van der Waals surface area contributed by atoms with Gasteiger partial charge < -0.3 is 37.0 Å². The minimum absolute atomic E-state index is 0.00532. The molecule has 38 heavy (non-hydrogen) atoms. The van der Waals surface area contributed by atoms with Gasteiger partial charge in [0.05, 0.1) is 6.04 Å². The maximum atomic E-state index is 13.1. The van der Waals surface area contributed by atoms with Crippen molar-refractivity contribution in [2.45, 2.75) is 84.0 Å². The fourth-order valence-corrected chi connectivity index (χ4v) is 3.63. The second-order valence-electron chi connectivity index (χ2n) is 9.87. The highest BCUT2D eigenvalue weighted by atomic mass is 16.4. The molecule has 0 aliphatic heterocycles. The number of benzene rings is 1. The maximum absolute atomic E-state index is 13.1. The van der Waals surface area contributed by atoms with Crippen LogP contribution in [-0.2, 0) is 30.4 Å². The number of carbonyl (C=O) groups excluding carboxylic acids is 3. The van der Waals surface area contributed by atoms with Crippen LogP contribution < -0.4 is 21.7 Å². The smallest absolute Gasteiger partial charge is 0.326 e. The Hall–Kier alpha value is -3.67. The van der Waals surface area contributed by atoms with Crippen LogP contribution in [0.5, 0.6) is 5.75 Å². The third-order valence-corrected chi connectivity index (χ3v) is 6.17. The molecule has 8 N–H and O–H groups in total. The monoisotopic (exact) mass is 536 g/mol. The van der Waals surface area contributed by atoms with Crippen molar-refractivity contribution in [2.24, 2.45) is 17.6 Å². The van der Waals surface area contributed by atoms with Crippen LogP contribution in [0.3, 0.4) is 0 Å². The number of hydrogen-bond donors (Lipinski definition) is 7. The van der Waals surface area contributed by atoms with Crippen molar-refractivity contribution in [1.82, 2.24) is 16.0 Å². The van der Waals surface area contributed by atoms with E-state index >= 15 is 0 Å². The van der Waals surface area contributed by atoms with Crippen LogP contribution in [-0.4, -0.2) is 69.1 Å². The molecule has 1 aromatic carbocycles. The van der Waals surface area contributed by atoms with Crippen molar-refractivity contribution in [1.29, 1.82) is 0 Å². The molecule has 0 radical (unpaired) electrons. The zero-order valence-electron chi connectivity index (χ0n) is 22.3. The molecule has 0 saturated carbocycles. The minimum atomic E-state index is -1.38. The highest BCUT2D eigenvalue weighted by Crippen LogP contribution is 2.13. The van der Waals surface area contributed by atoms with Gasteiger partial charge in [-0.25, -0.2) is 4.79 Å². The standard InChI is InChI=1S/C26H40N4O8/c1-5-15(4)22(27)25(36)29-19(12-14(2)3)24(35)28-18(10-11-21(32)33)23(34)30-20(26(37)38)13-16-6-8-17(31)9-7-16/h6-9,14-15,18-20,22,31H,5,10-13,27H2,1-4H3,(H,28,35)(H,29,36)(H,30,34)(H,32,33)(H,37,38). The molecule has 0 aromatic heterocycles. The van der Waals surface area contributed by atoms with Crippen molar-refractivity contribution in [3.8, 4) is 5.75 Å². The van der Waals surface area contributed by atoms with Crippen molar-refractivity contribution in [2.75, 3.05) is 0 Å². The molecule has 0 bridgehead atoms. The number of phenols is 1. The predicted molar refractivity (Wildman–Crippen MR) is 139 cm³/mol. The number of carboxylic acids is 2. The lowest BCUT2D eigenvalue weighted by Crippen LogP contribution is -2.58. The van der Waals surface area contributed by atoms with E-state index in [0.717, 1.165) is 0 Å². The Morgan fingerprint density at radius 3 is 1.87 bits per heavy atom. The zero-order valence-corrected chi connectivity index (χ0v) is 22.3. The Morgan fingerprint density at radius 2 is 1.37 bits per heavy atom. The minimum Gasteiger partial charge on any atom is -0.508 e. The van der Waals surface area contributed by atoms with Crippen LogP contribution in [0.2, 0.25) is 0 Å². The highest BCUT2D eigenvalue weighted by molar-refractivity contribution is 5.94. The summed E-state index contributed by atoms with van der Waals surface area (Å²) >= 11 is 0. The topological polar surface area (TPSA) is 208 Å². The second-order valence-corrected chi connectivity index (χ2v) is 9.87. The molecule has 0 fully saturated rings. The van der Waals surface area contributed by atoms with Crippen LogP contribution in [0.25, 0.3) is 0 Å². The van der Waals surface area contributed by atoms with Gasteiger partial charge in [0.2, 0.25) is 17.7 Å². The van der Waals surface area contributed by atoms with Crippen molar-refractivity contribution in [3.05, 3.63) is 29.8 Å². The number of aliphatic carboxylic acids is 2. The molecule has 5 unspecified atom stereocenters. The lowest BCUT2D eigenvalue weighted by atomic mass is 9.97. The summed E-state index contributed by atoms with van der Waals surface area (Å²) in [5.41, 5.74) is 6.52. The molecule has 0 heterocycles. The number of aromatic hydroxyl groups is 1. The summed E-state index contributed by atoms with van der Waals surface area (Å²) in [6, 6.07) is 1.14. The summed E-state index contributed by atoms with van der Waals surface area (Å²) < 4.78 is 0. The largest absolute Gasteiger partial charge is 0.508 e. The van der Waals surface area contributed by atoms with E-state index in [2.05, 4.69) is 16.0 Å². The normalized spacial score (nSPS) is 15.0. The molecule has 3 amide bonds. The fourth-order valence-electron chi connectivity index (χ4n) is 3.63. The summed E-state index contributed by atoms with van der Waals surface area (Å²) in [5.74, 6) is -4.80. The van der Waals surface area contributed by atoms with Crippen molar-refractivity contribution >= 4 is 29.7 Å². The van der Waals surface area contributed by atoms with Gasteiger partial charge in [0.1, 0.15) is 23.9 Å². The third kappa shape index (κ3) is 11.2. The number of phenolic OH excluding ortho intramolecular Hbond substituents is 1. The Kier molecular flexibility index (Phi) is 13.2. The molecule has 1 rings (SSSR count). The van der Waals surface area contributed by atoms with Gasteiger partial charge in [0.15, 0.2) is 0 Å². The van der Waals surface area contributed by atoms with E-state index in [4.69, 9.17) is 10.8 Å². The van der Waals surface area contributed by atoms with Crippen LogP contribution in [0.1, 0.15) is 58.9 Å². The van der Waals surface area contributed by atoms with E-state index in [9.17, 15) is 34.2 Å². The van der Waals surface area contributed by atoms with Gasteiger partial charge in [-0.15, -0.1) is 0 Å². The molecule has 0 spiro atoms. The Balaban J connectivity index is 3.07. The summed E-state index contributed by atoms with van der Waals surface area (Å²) in [7, 11) is 0. The van der Waals surface area contributed by atoms with Gasteiger partial charge in [0.25, 0.3) is 0 Å². The lowest BCUT2D eigenvalue weighted by molar-refractivity contribution is -0.143. The molecule has 212 valence electrons. The molecule has 5 atom stereocenters. The molecule has 0 saturated heterocycles. The number of nitrogens with two attached hydrogens (primary N) is 1. The SMILES string of the molecule is CCC(C)C(N)C(=O)NC(CC(C)C)C(=O)NC(CCC(=O)O)C(=O)NC(Cc1ccc(O)cc1)C(=O)O. The first-order chi connectivity index (χ1) is 17.7. The van der Waals surface area contributed by atoms with Crippen LogP contribution in [0.4, 0.5) is 0 Å². The first-order valence-corrected chi connectivity index (χ1v) is 12.6. The highest BCUT2D eigenvalue weighted by Gasteiger charge is 2.31. The zero-order chi connectivity index (χ0) is 29.0. The van der Waals surface area contributed by atoms with Gasteiger partial charge in [-0.3, -0.25) is 19.2 Å². The quantitative estimate of drug-likeness (QED) is 0.159. The van der Waals surface area contributed by atoms with E-state index in [1.54, 1.807) is 0 Å². The molecular weight excluding hydrogens is 496 g/mol. The maximum Gasteiger partial charge on any atom is 0.326 e. The van der Waals surface area contributed by atoms with E-state index < -0.39 is 60.2 Å². The third-order valence-electron chi connectivity index (χ3n) is 6.17. The summed E-state index contributed by atoms with van der Waals surface area (Å²) in [6.45, 7) is 7.38. The molecular formula is C26H40N4O8. The summed E-state index contributed by atoms with van der Waals surface area (Å²) in [4.78, 5) is 61.8. The van der Waals surface area contributed by atoms with Gasteiger partial charge >= 0.3 is 11.9 Å². The predicted octanol–water partition coefficient (Wildman–Crippen LogP) is 0.758. The molecule has 12 nitrogen and oxygen atoms in total. The number of carboxylic acid groups (broad SMARTS) is 2. The van der Waals surface area contributed by atoms with Gasteiger partial charge in [-0.2, -0.15) is 0 Å². The van der Waals surface area contributed by atoms with Crippen LogP contribution in [0, 0.1) is 11.8 Å². The molecule has 1 aromatic rings. The first kappa shape index (κ1) is 32.4. The number of rotatable bonds is 16. The van der Waals surface area contributed by atoms with Gasteiger partial charge in [-0.1, -0.05) is 46.2 Å². The number of nitrogens with one attached hydrogen (secondary N) is 3. The second kappa shape index (κ2) is 15.6. The first-order valence-electron chi connectivity index (χ1n) is 12.6. The van der Waals surface area contributed by atoms with E-state index in [-0.39, 0.29) is 36.8 Å². The summed E-state index contributed by atoms with van der Waals surface area (Å²) in [5, 5.41) is 35.6. The fraction of sp³-hybridized carbons (Fsp3) is 0.577. The van der Waals surface area contributed by atoms with Gasteiger partial charge in [0, 0.05) is 12.8 Å². The average Bonchev–Trinajstić information content (AvgIpc) is 2.85. The Morgan fingerprint density at radius 1 is 0.842 bits per heavy atom. The van der Waals surface area contributed by atoms with Crippen molar-refractivity contribution < 1.29 is 39.3 Å². The van der Waals surface area contributed by atoms with Gasteiger partial charge in [-0.05, 0) is 42.4 Å². The van der Waals surface area contributed by atoms with E-state index in [0.29, 0.717) is 12.0 Å². The lowest BCUT2D eigenvalue weighted by Gasteiger charge is -2.26. The molecule has 0 aliphatic rings. The molecule has 0 aliphatic carbocycles. The Bertz CT molecular complexity index is 966. The molecule has 12 heteroatoms. The van der Waals surface area contributed by atoms with Crippen LogP contribution >= 0.6 is 0 Å². The number of hydrogen-bond acceptors (Lipinski definition) is 7. The Labute approximate surface area is 222 Å². The van der Waals surface area contributed by atoms with E-state index in [1.165, 1.54) is 24.3 Å².